The minimum atomic E-state index is 0.0230. The van der Waals surface area contributed by atoms with Crippen LogP contribution in [0.2, 0.25) is 0 Å². The minimum Gasteiger partial charge on any atom is -0.310 e. The maximum Gasteiger partial charge on any atom is 0.147 e. The lowest BCUT2D eigenvalue weighted by Gasteiger charge is -2.17. The van der Waals surface area contributed by atoms with E-state index in [1.54, 1.807) is 0 Å². The SMILES string of the molecule is CCNC(Cc1nc(C(C)(C)C)ns1)c1ccccc1. The van der Waals surface area contributed by atoms with Crippen LogP contribution in [0.3, 0.4) is 0 Å². The lowest BCUT2D eigenvalue weighted by atomic mass is 9.96. The van der Waals surface area contributed by atoms with Gasteiger partial charge in [0.05, 0.1) is 0 Å². The van der Waals surface area contributed by atoms with Crippen LogP contribution in [0, 0.1) is 0 Å². The first-order valence-corrected chi connectivity index (χ1v) is 7.89. The Kier molecular flexibility index (Phi) is 4.89. The highest BCUT2D eigenvalue weighted by molar-refractivity contribution is 7.05. The first-order chi connectivity index (χ1) is 9.50. The van der Waals surface area contributed by atoms with Crippen molar-refractivity contribution in [1.82, 2.24) is 14.7 Å². The summed E-state index contributed by atoms with van der Waals surface area (Å²) in [5.74, 6) is 0.945. The molecule has 0 saturated heterocycles. The van der Waals surface area contributed by atoms with Crippen LogP contribution in [0.15, 0.2) is 30.3 Å². The molecule has 4 heteroatoms. The molecule has 0 spiro atoms. The molecule has 0 radical (unpaired) electrons. The first-order valence-electron chi connectivity index (χ1n) is 7.12. The summed E-state index contributed by atoms with van der Waals surface area (Å²) in [5, 5.41) is 4.64. The zero-order chi connectivity index (χ0) is 14.6. The molecule has 0 aliphatic rings. The van der Waals surface area contributed by atoms with Crippen LogP contribution in [-0.2, 0) is 11.8 Å². The monoisotopic (exact) mass is 289 g/mol. The summed E-state index contributed by atoms with van der Waals surface area (Å²) in [7, 11) is 0. The van der Waals surface area contributed by atoms with Crippen molar-refractivity contribution < 1.29 is 0 Å². The largest absolute Gasteiger partial charge is 0.310 e. The van der Waals surface area contributed by atoms with E-state index in [9.17, 15) is 0 Å². The Balaban J connectivity index is 2.15. The smallest absolute Gasteiger partial charge is 0.147 e. The summed E-state index contributed by atoms with van der Waals surface area (Å²) in [6.07, 6.45) is 0.894. The molecule has 0 aliphatic carbocycles. The average Bonchev–Trinajstić information content (AvgIpc) is 2.88. The van der Waals surface area contributed by atoms with E-state index in [1.165, 1.54) is 17.1 Å². The third-order valence-corrected chi connectivity index (χ3v) is 3.90. The van der Waals surface area contributed by atoms with Crippen molar-refractivity contribution in [2.24, 2.45) is 0 Å². The number of hydrogen-bond donors (Lipinski definition) is 1. The number of likely N-dealkylation sites (N-methyl/N-ethyl adjacent to an activating group) is 1. The molecule has 0 aliphatic heterocycles. The molecule has 1 unspecified atom stereocenters. The van der Waals surface area contributed by atoms with Crippen molar-refractivity contribution in [1.29, 1.82) is 0 Å². The summed E-state index contributed by atoms with van der Waals surface area (Å²) < 4.78 is 4.50. The van der Waals surface area contributed by atoms with Gasteiger partial charge in [-0.05, 0) is 23.6 Å². The van der Waals surface area contributed by atoms with Crippen LogP contribution in [0.1, 0.15) is 50.1 Å². The quantitative estimate of drug-likeness (QED) is 0.911. The lowest BCUT2D eigenvalue weighted by Crippen LogP contribution is -2.23. The molecule has 0 saturated carbocycles. The second kappa shape index (κ2) is 6.46. The molecule has 1 aromatic carbocycles. The van der Waals surface area contributed by atoms with E-state index in [1.807, 2.05) is 0 Å². The van der Waals surface area contributed by atoms with E-state index in [2.05, 4.69) is 67.7 Å². The van der Waals surface area contributed by atoms with E-state index >= 15 is 0 Å². The predicted octanol–water partition coefficient (Wildman–Crippen LogP) is 3.73. The summed E-state index contributed by atoms with van der Waals surface area (Å²) >= 11 is 1.52. The molecule has 3 nitrogen and oxygen atoms in total. The normalized spacial score (nSPS) is 13.4. The fourth-order valence-corrected chi connectivity index (χ4v) is 2.93. The molecule has 1 atom stereocenters. The Morgan fingerprint density at radius 1 is 1.20 bits per heavy atom. The van der Waals surface area contributed by atoms with Gasteiger partial charge in [0.25, 0.3) is 0 Å². The van der Waals surface area contributed by atoms with Gasteiger partial charge in [-0.25, -0.2) is 4.98 Å². The molecule has 1 aromatic heterocycles. The van der Waals surface area contributed by atoms with Crippen LogP contribution in [0.4, 0.5) is 0 Å². The van der Waals surface area contributed by atoms with Crippen molar-refractivity contribution in [3.8, 4) is 0 Å². The molecule has 0 amide bonds. The number of rotatable bonds is 5. The Morgan fingerprint density at radius 3 is 2.45 bits per heavy atom. The van der Waals surface area contributed by atoms with Gasteiger partial charge < -0.3 is 5.32 Å². The Hall–Kier alpha value is -1.26. The summed E-state index contributed by atoms with van der Waals surface area (Å²) in [6, 6.07) is 10.9. The van der Waals surface area contributed by atoms with Gasteiger partial charge in [-0.2, -0.15) is 4.37 Å². The fourth-order valence-electron chi connectivity index (χ4n) is 2.06. The minimum absolute atomic E-state index is 0.0230. The van der Waals surface area contributed by atoms with Crippen LogP contribution in [0.5, 0.6) is 0 Å². The van der Waals surface area contributed by atoms with Crippen molar-refractivity contribution >= 4 is 11.5 Å². The third-order valence-electron chi connectivity index (χ3n) is 3.17. The molecule has 108 valence electrons. The molecule has 0 bridgehead atoms. The van der Waals surface area contributed by atoms with Gasteiger partial charge in [-0.1, -0.05) is 58.0 Å². The highest BCUT2D eigenvalue weighted by atomic mass is 32.1. The number of hydrogen-bond acceptors (Lipinski definition) is 4. The molecule has 20 heavy (non-hydrogen) atoms. The highest BCUT2D eigenvalue weighted by Crippen LogP contribution is 2.24. The lowest BCUT2D eigenvalue weighted by molar-refractivity contribution is 0.534. The van der Waals surface area contributed by atoms with Crippen molar-refractivity contribution in [3.05, 3.63) is 46.7 Å². The molecule has 2 rings (SSSR count). The van der Waals surface area contributed by atoms with E-state index < -0.39 is 0 Å². The molecular formula is C16H23N3S. The van der Waals surface area contributed by atoms with Crippen LogP contribution in [-0.4, -0.2) is 15.9 Å². The van der Waals surface area contributed by atoms with Gasteiger partial charge in [-0.15, -0.1) is 0 Å². The van der Waals surface area contributed by atoms with Crippen LogP contribution >= 0.6 is 11.5 Å². The topological polar surface area (TPSA) is 37.8 Å². The van der Waals surface area contributed by atoms with E-state index in [0.29, 0.717) is 6.04 Å². The maximum absolute atomic E-state index is 4.70. The van der Waals surface area contributed by atoms with Crippen LogP contribution < -0.4 is 5.32 Å². The molecule has 2 aromatic rings. The van der Waals surface area contributed by atoms with Gasteiger partial charge in [0.2, 0.25) is 0 Å². The van der Waals surface area contributed by atoms with E-state index in [0.717, 1.165) is 23.8 Å². The number of nitrogens with one attached hydrogen (secondary N) is 1. The van der Waals surface area contributed by atoms with E-state index in [-0.39, 0.29) is 5.41 Å². The van der Waals surface area contributed by atoms with Crippen molar-refractivity contribution in [3.63, 3.8) is 0 Å². The van der Waals surface area contributed by atoms with E-state index in [4.69, 9.17) is 4.98 Å². The van der Waals surface area contributed by atoms with Crippen LogP contribution in [0.25, 0.3) is 0 Å². The average molecular weight is 289 g/mol. The van der Waals surface area contributed by atoms with Crippen molar-refractivity contribution in [2.45, 2.75) is 45.6 Å². The zero-order valence-corrected chi connectivity index (χ0v) is 13.5. The summed E-state index contributed by atoms with van der Waals surface area (Å²) in [4.78, 5) is 4.70. The molecule has 1 heterocycles. The molecular weight excluding hydrogens is 266 g/mol. The zero-order valence-electron chi connectivity index (χ0n) is 12.7. The Labute approximate surface area is 125 Å². The van der Waals surface area contributed by atoms with Gasteiger partial charge in [0.1, 0.15) is 10.8 Å². The van der Waals surface area contributed by atoms with Gasteiger partial charge in [0.15, 0.2) is 0 Å². The Morgan fingerprint density at radius 2 is 1.90 bits per heavy atom. The third kappa shape index (κ3) is 3.87. The summed E-state index contributed by atoms with van der Waals surface area (Å²) in [6.45, 7) is 9.54. The fraction of sp³-hybridized carbons (Fsp3) is 0.500. The van der Waals surface area contributed by atoms with Crippen molar-refractivity contribution in [2.75, 3.05) is 6.54 Å². The first kappa shape index (κ1) is 15.1. The maximum atomic E-state index is 4.70. The predicted molar refractivity (Wildman–Crippen MR) is 85.2 cm³/mol. The second-order valence-electron chi connectivity index (χ2n) is 5.99. The standard InChI is InChI=1S/C16H23N3S/c1-5-17-13(12-9-7-6-8-10-12)11-14-18-15(19-20-14)16(2,3)4/h6-10,13,17H,5,11H2,1-4H3. The second-order valence-corrected chi connectivity index (χ2v) is 6.82. The molecule has 0 fully saturated rings. The summed E-state index contributed by atoms with van der Waals surface area (Å²) in [5.41, 5.74) is 1.33. The number of aromatic nitrogens is 2. The molecule has 1 N–H and O–H groups in total. The Bertz CT molecular complexity index is 528. The highest BCUT2D eigenvalue weighted by Gasteiger charge is 2.21. The van der Waals surface area contributed by atoms with Gasteiger partial charge >= 0.3 is 0 Å². The number of nitrogens with zero attached hydrogens (tertiary/aromatic N) is 2. The van der Waals surface area contributed by atoms with Gasteiger partial charge in [-0.3, -0.25) is 0 Å². The van der Waals surface area contributed by atoms with Gasteiger partial charge in [0, 0.05) is 17.9 Å². The number of benzene rings is 1.